The van der Waals surface area contributed by atoms with E-state index in [0.29, 0.717) is 22.4 Å². The van der Waals surface area contributed by atoms with Crippen LogP contribution in [0.3, 0.4) is 0 Å². The van der Waals surface area contributed by atoms with Crippen LogP contribution < -0.4 is 9.47 Å². The quantitative estimate of drug-likeness (QED) is 0.499. The average Bonchev–Trinajstić information content (AvgIpc) is 2.73. The number of rotatable bonds is 6. The SMILES string of the molecule is CCOc1cc(C=NN2C(=O)C(C)SC2=S)c(Br)cc1OC(C)C. The highest BCUT2D eigenvalue weighted by Gasteiger charge is 2.33. The summed E-state index contributed by atoms with van der Waals surface area (Å²) < 4.78 is 12.7. The first-order chi connectivity index (χ1) is 11.3. The molecule has 0 spiro atoms. The zero-order valence-electron chi connectivity index (χ0n) is 13.9. The van der Waals surface area contributed by atoms with Crippen LogP contribution in [-0.4, -0.2) is 39.4 Å². The number of thiocarbonyl (C=S) groups is 1. The molecule has 8 heteroatoms. The number of hydrogen-bond donors (Lipinski definition) is 0. The summed E-state index contributed by atoms with van der Waals surface area (Å²) >= 11 is 10.0. The van der Waals surface area contributed by atoms with E-state index in [-0.39, 0.29) is 17.3 Å². The average molecular weight is 431 g/mol. The van der Waals surface area contributed by atoms with Crippen molar-refractivity contribution in [3.63, 3.8) is 0 Å². The molecular weight excluding hydrogens is 412 g/mol. The molecule has 1 aliphatic rings. The molecule has 1 saturated heterocycles. The predicted octanol–water partition coefficient (Wildman–Crippen LogP) is 4.22. The van der Waals surface area contributed by atoms with E-state index in [1.165, 1.54) is 16.8 Å². The van der Waals surface area contributed by atoms with Crippen LogP contribution in [0.15, 0.2) is 21.7 Å². The molecule has 1 aromatic carbocycles. The third-order valence-corrected chi connectivity index (χ3v) is 5.12. The normalized spacial score (nSPS) is 18.1. The second-order valence-electron chi connectivity index (χ2n) is 5.34. The minimum atomic E-state index is -0.195. The van der Waals surface area contributed by atoms with E-state index in [0.717, 1.165) is 10.0 Å². The lowest BCUT2D eigenvalue weighted by molar-refractivity contribution is -0.125. The van der Waals surface area contributed by atoms with Crippen LogP contribution in [0.5, 0.6) is 11.5 Å². The molecule has 1 aliphatic heterocycles. The number of carbonyl (C=O) groups is 1. The molecule has 0 N–H and O–H groups in total. The van der Waals surface area contributed by atoms with Gasteiger partial charge in [-0.1, -0.05) is 24.0 Å². The molecule has 1 amide bonds. The summed E-state index contributed by atoms with van der Waals surface area (Å²) in [4.78, 5) is 12.0. The van der Waals surface area contributed by atoms with Gasteiger partial charge in [-0.2, -0.15) is 10.1 Å². The van der Waals surface area contributed by atoms with Crippen molar-refractivity contribution in [3.8, 4) is 11.5 Å². The van der Waals surface area contributed by atoms with Gasteiger partial charge in [0.05, 0.1) is 24.2 Å². The van der Waals surface area contributed by atoms with Gasteiger partial charge in [-0.05, 0) is 55.8 Å². The molecule has 0 bridgehead atoms. The Morgan fingerprint density at radius 2 is 2.17 bits per heavy atom. The van der Waals surface area contributed by atoms with Crippen LogP contribution in [0, 0.1) is 0 Å². The second kappa shape index (κ2) is 8.31. The summed E-state index contributed by atoms with van der Waals surface area (Å²) in [6.45, 7) is 8.16. The van der Waals surface area contributed by atoms with Crippen LogP contribution in [-0.2, 0) is 4.79 Å². The van der Waals surface area contributed by atoms with Crippen LogP contribution in [0.1, 0.15) is 33.3 Å². The molecule has 0 radical (unpaired) electrons. The largest absolute Gasteiger partial charge is 0.490 e. The van der Waals surface area contributed by atoms with Crippen LogP contribution >= 0.6 is 39.9 Å². The molecular formula is C16H19BrN2O3S2. The summed E-state index contributed by atoms with van der Waals surface area (Å²) in [6.07, 6.45) is 1.63. The first-order valence-electron chi connectivity index (χ1n) is 7.55. The number of halogens is 1. The summed E-state index contributed by atoms with van der Waals surface area (Å²) in [5.41, 5.74) is 0.773. The van der Waals surface area contributed by atoms with Crippen molar-refractivity contribution in [2.45, 2.75) is 39.0 Å². The van der Waals surface area contributed by atoms with Crippen molar-refractivity contribution in [2.75, 3.05) is 6.61 Å². The highest BCUT2D eigenvalue weighted by Crippen LogP contribution is 2.34. The highest BCUT2D eigenvalue weighted by atomic mass is 79.9. The van der Waals surface area contributed by atoms with E-state index >= 15 is 0 Å². The monoisotopic (exact) mass is 430 g/mol. The molecule has 1 heterocycles. The number of hydrogen-bond acceptors (Lipinski definition) is 6. The Kier molecular flexibility index (Phi) is 6.65. The molecule has 1 aromatic rings. The fourth-order valence-corrected chi connectivity index (χ4v) is 3.74. The number of ether oxygens (including phenoxy) is 2. The molecule has 0 saturated carbocycles. The van der Waals surface area contributed by atoms with Crippen molar-refractivity contribution in [1.82, 2.24) is 5.01 Å². The first-order valence-corrected chi connectivity index (χ1v) is 9.63. The molecule has 0 aliphatic carbocycles. The van der Waals surface area contributed by atoms with Crippen molar-refractivity contribution < 1.29 is 14.3 Å². The Morgan fingerprint density at radius 1 is 1.46 bits per heavy atom. The number of thioether (sulfide) groups is 1. The summed E-state index contributed by atoms with van der Waals surface area (Å²) in [5.74, 6) is 1.18. The van der Waals surface area contributed by atoms with Crippen LogP contribution in [0.4, 0.5) is 0 Å². The number of hydrazone groups is 1. The fourth-order valence-electron chi connectivity index (χ4n) is 2.00. The van der Waals surface area contributed by atoms with Gasteiger partial charge in [-0.3, -0.25) is 4.79 Å². The summed E-state index contributed by atoms with van der Waals surface area (Å²) in [7, 11) is 0. The molecule has 24 heavy (non-hydrogen) atoms. The highest BCUT2D eigenvalue weighted by molar-refractivity contribution is 9.10. The lowest BCUT2D eigenvalue weighted by Gasteiger charge is -2.16. The zero-order chi connectivity index (χ0) is 17.9. The Morgan fingerprint density at radius 3 is 2.71 bits per heavy atom. The van der Waals surface area contributed by atoms with Gasteiger partial charge in [0.2, 0.25) is 0 Å². The predicted molar refractivity (Wildman–Crippen MR) is 105 cm³/mol. The molecule has 5 nitrogen and oxygen atoms in total. The Bertz CT molecular complexity index is 680. The standard InChI is InChI=1S/C16H19BrN2O3S2/c1-5-21-13-6-11(12(17)7-14(13)22-9(2)3)8-18-19-15(20)10(4)24-16(19)23/h6-10H,5H2,1-4H3. The second-order valence-corrected chi connectivity index (χ2v) is 8.17. The van der Waals surface area contributed by atoms with Crippen LogP contribution in [0.25, 0.3) is 0 Å². The minimum absolute atomic E-state index is 0.0359. The van der Waals surface area contributed by atoms with E-state index in [1.807, 2.05) is 39.8 Å². The number of carbonyl (C=O) groups excluding carboxylic acids is 1. The lowest BCUT2D eigenvalue weighted by Crippen LogP contribution is -2.25. The van der Waals surface area contributed by atoms with Gasteiger partial charge in [0.25, 0.3) is 5.91 Å². The van der Waals surface area contributed by atoms with Gasteiger partial charge >= 0.3 is 0 Å². The first kappa shape index (κ1) is 19.2. The number of amides is 1. The molecule has 130 valence electrons. The van der Waals surface area contributed by atoms with E-state index in [9.17, 15) is 4.79 Å². The van der Waals surface area contributed by atoms with Gasteiger partial charge in [-0.25, -0.2) is 0 Å². The molecule has 1 atom stereocenters. The zero-order valence-corrected chi connectivity index (χ0v) is 17.1. The number of benzene rings is 1. The third kappa shape index (κ3) is 4.49. The summed E-state index contributed by atoms with van der Waals surface area (Å²) in [6, 6.07) is 3.67. The maximum absolute atomic E-state index is 12.0. The van der Waals surface area contributed by atoms with Crippen molar-refractivity contribution in [2.24, 2.45) is 5.10 Å². The Balaban J connectivity index is 2.30. The van der Waals surface area contributed by atoms with E-state index in [2.05, 4.69) is 21.0 Å². The van der Waals surface area contributed by atoms with Gasteiger partial charge in [0.1, 0.15) is 0 Å². The van der Waals surface area contributed by atoms with Gasteiger partial charge in [0.15, 0.2) is 15.8 Å². The Labute approximate surface area is 159 Å². The van der Waals surface area contributed by atoms with Crippen molar-refractivity contribution in [1.29, 1.82) is 0 Å². The molecule has 2 rings (SSSR count). The number of nitrogens with zero attached hydrogens (tertiary/aromatic N) is 2. The molecule has 0 aromatic heterocycles. The van der Waals surface area contributed by atoms with E-state index < -0.39 is 0 Å². The van der Waals surface area contributed by atoms with Gasteiger partial charge < -0.3 is 9.47 Å². The van der Waals surface area contributed by atoms with Crippen molar-refractivity contribution >= 4 is 56.4 Å². The van der Waals surface area contributed by atoms with Gasteiger partial charge in [-0.15, -0.1) is 0 Å². The maximum Gasteiger partial charge on any atom is 0.261 e. The van der Waals surface area contributed by atoms with Crippen LogP contribution in [0.2, 0.25) is 0 Å². The smallest absolute Gasteiger partial charge is 0.261 e. The third-order valence-electron chi connectivity index (χ3n) is 3.04. The van der Waals surface area contributed by atoms with E-state index in [1.54, 1.807) is 6.21 Å². The minimum Gasteiger partial charge on any atom is -0.490 e. The fraction of sp³-hybridized carbons (Fsp3) is 0.438. The van der Waals surface area contributed by atoms with Crippen molar-refractivity contribution in [3.05, 3.63) is 22.2 Å². The van der Waals surface area contributed by atoms with Gasteiger partial charge in [0, 0.05) is 10.0 Å². The van der Waals surface area contributed by atoms with E-state index in [4.69, 9.17) is 21.7 Å². The topological polar surface area (TPSA) is 51.1 Å². The molecule has 1 fully saturated rings. The maximum atomic E-state index is 12.0. The lowest BCUT2D eigenvalue weighted by atomic mass is 10.2. The molecule has 1 unspecified atom stereocenters. The summed E-state index contributed by atoms with van der Waals surface area (Å²) in [5, 5.41) is 5.29. The Hall–Kier alpha value is -1.12.